The van der Waals surface area contributed by atoms with Crippen molar-refractivity contribution >= 4 is 11.9 Å². The van der Waals surface area contributed by atoms with E-state index in [4.69, 9.17) is 19.6 Å². The van der Waals surface area contributed by atoms with Gasteiger partial charge in [0.1, 0.15) is 0 Å². The summed E-state index contributed by atoms with van der Waals surface area (Å²) in [6.07, 6.45) is 2.23. The van der Waals surface area contributed by atoms with Crippen LogP contribution in [-0.4, -0.2) is 17.7 Å². The van der Waals surface area contributed by atoms with Gasteiger partial charge in [-0.3, -0.25) is 0 Å². The van der Waals surface area contributed by atoms with Crippen molar-refractivity contribution in [3.8, 4) is 0 Å². The van der Waals surface area contributed by atoms with Gasteiger partial charge in [0, 0.05) is 5.92 Å². The molecule has 6 nitrogen and oxygen atoms in total. The van der Waals surface area contributed by atoms with Crippen molar-refractivity contribution in [1.29, 1.82) is 0 Å². The van der Waals surface area contributed by atoms with Crippen LogP contribution in [0.4, 0.5) is 0 Å². The van der Waals surface area contributed by atoms with Gasteiger partial charge in [0.15, 0.2) is 0 Å². The lowest BCUT2D eigenvalue weighted by Crippen LogP contribution is -2.37. The number of carbonyl (C=O) groups excluding carboxylic acids is 2. The Kier molecular flexibility index (Phi) is 8.11. The van der Waals surface area contributed by atoms with Crippen LogP contribution in [0.1, 0.15) is 88.5 Å². The van der Waals surface area contributed by atoms with E-state index in [1.807, 2.05) is 13.8 Å². The standard InChI is InChI=1S/C22H40O6/c1-14(2)11-17(15(3)12-20(5,6)7)18(23)25-26-19(24)22(27-28-22)16(4)13-21(8,9)10/h14-17H,11-13H2,1-10H3. The summed E-state index contributed by atoms with van der Waals surface area (Å²) < 4.78 is 0. The molecule has 3 unspecified atom stereocenters. The van der Waals surface area contributed by atoms with Crippen LogP contribution < -0.4 is 0 Å². The van der Waals surface area contributed by atoms with E-state index in [0.717, 1.165) is 6.42 Å². The zero-order valence-electron chi connectivity index (χ0n) is 19.4. The molecule has 1 fully saturated rings. The zero-order valence-corrected chi connectivity index (χ0v) is 19.4. The molecule has 0 radical (unpaired) electrons. The zero-order chi connectivity index (χ0) is 21.9. The van der Waals surface area contributed by atoms with E-state index < -0.39 is 17.7 Å². The monoisotopic (exact) mass is 400 g/mol. The van der Waals surface area contributed by atoms with Crippen LogP contribution in [0.3, 0.4) is 0 Å². The molecule has 28 heavy (non-hydrogen) atoms. The van der Waals surface area contributed by atoms with Gasteiger partial charge < -0.3 is 0 Å². The second-order valence-electron chi connectivity index (χ2n) is 11.3. The Balaban J connectivity index is 2.72. The molecule has 1 saturated heterocycles. The van der Waals surface area contributed by atoms with Gasteiger partial charge >= 0.3 is 17.7 Å². The maximum Gasteiger partial charge on any atom is 0.420 e. The molecule has 0 saturated carbocycles. The number of carbonyl (C=O) groups is 2. The molecule has 0 spiro atoms. The fourth-order valence-corrected chi connectivity index (χ4v) is 3.91. The van der Waals surface area contributed by atoms with Crippen molar-refractivity contribution in [3.63, 3.8) is 0 Å². The lowest BCUT2D eigenvalue weighted by atomic mass is 9.77. The molecule has 0 aliphatic carbocycles. The molecule has 1 rings (SSSR count). The van der Waals surface area contributed by atoms with E-state index in [0.29, 0.717) is 18.8 Å². The fourth-order valence-electron chi connectivity index (χ4n) is 3.91. The van der Waals surface area contributed by atoms with Crippen molar-refractivity contribution in [2.75, 3.05) is 0 Å². The molecule has 0 amide bonds. The van der Waals surface area contributed by atoms with Crippen molar-refractivity contribution in [1.82, 2.24) is 0 Å². The van der Waals surface area contributed by atoms with Crippen LogP contribution in [0.2, 0.25) is 0 Å². The van der Waals surface area contributed by atoms with E-state index in [1.54, 1.807) is 0 Å². The highest BCUT2D eigenvalue weighted by Gasteiger charge is 2.64. The lowest BCUT2D eigenvalue weighted by Gasteiger charge is -2.29. The van der Waals surface area contributed by atoms with Crippen LogP contribution in [0.5, 0.6) is 0 Å². The number of hydrogen-bond donors (Lipinski definition) is 0. The maximum atomic E-state index is 12.7. The van der Waals surface area contributed by atoms with E-state index >= 15 is 0 Å². The van der Waals surface area contributed by atoms with E-state index in [1.165, 1.54) is 0 Å². The minimum absolute atomic E-state index is 0.0105. The summed E-state index contributed by atoms with van der Waals surface area (Å²) in [4.78, 5) is 44.9. The molecule has 0 aromatic rings. The van der Waals surface area contributed by atoms with Gasteiger partial charge in [-0.2, -0.15) is 9.78 Å². The van der Waals surface area contributed by atoms with Gasteiger partial charge in [0.25, 0.3) is 0 Å². The molecule has 0 aromatic heterocycles. The summed E-state index contributed by atoms with van der Waals surface area (Å²) >= 11 is 0. The smallest absolute Gasteiger partial charge is 0.247 e. The van der Waals surface area contributed by atoms with Gasteiger partial charge in [-0.15, -0.1) is 0 Å². The van der Waals surface area contributed by atoms with Gasteiger partial charge in [-0.25, -0.2) is 19.4 Å². The summed E-state index contributed by atoms with van der Waals surface area (Å²) in [5.41, 5.74) is 0.0805. The van der Waals surface area contributed by atoms with Crippen LogP contribution in [-0.2, 0) is 29.1 Å². The molecule has 1 aliphatic rings. The van der Waals surface area contributed by atoms with Crippen molar-refractivity contribution in [2.24, 2.45) is 34.5 Å². The van der Waals surface area contributed by atoms with Gasteiger partial charge in [0.05, 0.1) is 5.92 Å². The SMILES string of the molecule is CC(C)CC(C(=O)OOC(=O)C1(C(C)CC(C)(C)C)OO1)C(C)CC(C)(C)C. The predicted octanol–water partition coefficient (Wildman–Crippen LogP) is 5.45. The summed E-state index contributed by atoms with van der Waals surface area (Å²) in [6, 6.07) is 0. The van der Waals surface area contributed by atoms with Crippen LogP contribution in [0.15, 0.2) is 0 Å². The topological polar surface area (TPSA) is 77.7 Å². The minimum Gasteiger partial charge on any atom is -0.247 e. The highest BCUT2D eigenvalue weighted by Crippen LogP contribution is 2.44. The first kappa shape index (κ1) is 24.9. The molecule has 0 N–H and O–H groups in total. The Labute approximate surface area is 170 Å². The molecular weight excluding hydrogens is 360 g/mol. The lowest BCUT2D eigenvalue weighted by molar-refractivity contribution is -0.269. The largest absolute Gasteiger partial charge is 0.420 e. The Morgan fingerprint density at radius 2 is 1.36 bits per heavy atom. The molecule has 1 heterocycles. The van der Waals surface area contributed by atoms with Gasteiger partial charge in [-0.05, 0) is 41.9 Å². The van der Waals surface area contributed by atoms with E-state index in [-0.39, 0.29) is 28.6 Å². The maximum absolute atomic E-state index is 12.7. The first-order valence-electron chi connectivity index (χ1n) is 10.4. The number of hydrogen-bond acceptors (Lipinski definition) is 6. The first-order chi connectivity index (χ1) is 12.6. The third-order valence-electron chi connectivity index (χ3n) is 4.96. The Morgan fingerprint density at radius 1 is 0.857 bits per heavy atom. The first-order valence-corrected chi connectivity index (χ1v) is 10.4. The second kappa shape index (κ2) is 9.12. The van der Waals surface area contributed by atoms with Crippen LogP contribution >= 0.6 is 0 Å². The number of rotatable bonds is 8. The van der Waals surface area contributed by atoms with Gasteiger partial charge in [-0.1, -0.05) is 69.2 Å². The van der Waals surface area contributed by atoms with Crippen molar-refractivity contribution in [3.05, 3.63) is 0 Å². The Bertz CT molecular complexity index is 536. The molecule has 0 aromatic carbocycles. The second-order valence-corrected chi connectivity index (χ2v) is 11.3. The van der Waals surface area contributed by atoms with Crippen LogP contribution in [0.25, 0.3) is 0 Å². The molecule has 6 heteroatoms. The average Bonchev–Trinajstić information content (AvgIpc) is 3.28. The molecular formula is C22H40O6. The molecule has 0 bridgehead atoms. The molecule has 1 aliphatic heterocycles. The van der Waals surface area contributed by atoms with Crippen molar-refractivity contribution < 1.29 is 29.1 Å². The summed E-state index contributed by atoms with van der Waals surface area (Å²) in [5.74, 6) is -2.94. The van der Waals surface area contributed by atoms with Crippen LogP contribution in [0, 0.1) is 34.5 Å². The minimum atomic E-state index is -1.47. The van der Waals surface area contributed by atoms with Crippen molar-refractivity contribution in [2.45, 2.75) is 94.3 Å². The third kappa shape index (κ3) is 7.70. The Morgan fingerprint density at radius 3 is 1.75 bits per heavy atom. The van der Waals surface area contributed by atoms with E-state index in [2.05, 4.69) is 55.4 Å². The highest BCUT2D eigenvalue weighted by atomic mass is 17.4. The predicted molar refractivity (Wildman–Crippen MR) is 107 cm³/mol. The summed E-state index contributed by atoms with van der Waals surface area (Å²) in [7, 11) is 0. The molecule has 164 valence electrons. The fraction of sp³-hybridized carbons (Fsp3) is 0.909. The quantitative estimate of drug-likeness (QED) is 0.306. The normalized spacial score (nSPS) is 19.7. The third-order valence-corrected chi connectivity index (χ3v) is 4.96. The Hall–Kier alpha value is -1.14. The summed E-state index contributed by atoms with van der Waals surface area (Å²) in [6.45, 7) is 20.6. The van der Waals surface area contributed by atoms with Gasteiger partial charge in [0.2, 0.25) is 0 Å². The summed E-state index contributed by atoms with van der Waals surface area (Å²) in [5, 5.41) is 0. The van der Waals surface area contributed by atoms with E-state index in [9.17, 15) is 9.59 Å². The average molecular weight is 401 g/mol. The molecule has 3 atom stereocenters. The highest BCUT2D eigenvalue weighted by molar-refractivity contribution is 5.80.